The number of hydrogen-bond donors (Lipinski definition) is 0. The molecule has 0 aromatic heterocycles. The van der Waals surface area contributed by atoms with E-state index in [4.69, 9.17) is 14.2 Å². The monoisotopic (exact) mass is 366 g/mol. The van der Waals surface area contributed by atoms with Gasteiger partial charge in [0.1, 0.15) is 11.5 Å². The van der Waals surface area contributed by atoms with Crippen molar-refractivity contribution in [2.75, 3.05) is 20.5 Å². The van der Waals surface area contributed by atoms with Gasteiger partial charge in [-0.25, -0.2) is 0 Å². The number of ketones is 2. The van der Waals surface area contributed by atoms with Gasteiger partial charge in [0, 0.05) is 23.7 Å². The third-order valence-electron chi connectivity index (χ3n) is 4.22. The normalized spacial score (nSPS) is 21.0. The lowest BCUT2D eigenvalue weighted by molar-refractivity contribution is -0.146. The molecule has 1 aromatic carbocycles. The van der Waals surface area contributed by atoms with Crippen molar-refractivity contribution in [1.29, 1.82) is 0 Å². The molecule has 136 valence electrons. The Morgan fingerprint density at radius 1 is 1.28 bits per heavy atom. The molecule has 3 atom stereocenters. The SMILES string of the molecule is COc1ccc(OC)c(CC(=O)C2C(=O)OC(CC(C)SC)C2=O)c1. The maximum Gasteiger partial charge on any atom is 0.325 e. The van der Waals surface area contributed by atoms with E-state index in [1.54, 1.807) is 30.0 Å². The summed E-state index contributed by atoms with van der Waals surface area (Å²) in [5.41, 5.74) is 0.563. The van der Waals surface area contributed by atoms with Crippen LogP contribution in [0.2, 0.25) is 0 Å². The van der Waals surface area contributed by atoms with E-state index < -0.39 is 29.6 Å². The molecule has 6 nitrogen and oxygen atoms in total. The van der Waals surface area contributed by atoms with Crippen LogP contribution < -0.4 is 9.47 Å². The van der Waals surface area contributed by atoms with Crippen LogP contribution in [0.5, 0.6) is 11.5 Å². The van der Waals surface area contributed by atoms with E-state index in [9.17, 15) is 14.4 Å². The van der Waals surface area contributed by atoms with Crippen LogP contribution in [0.3, 0.4) is 0 Å². The second-order valence-corrected chi connectivity index (χ2v) is 7.14. The summed E-state index contributed by atoms with van der Waals surface area (Å²) in [6.45, 7) is 1.95. The van der Waals surface area contributed by atoms with E-state index in [2.05, 4.69) is 0 Å². The smallest absolute Gasteiger partial charge is 0.325 e. The maximum absolute atomic E-state index is 12.6. The van der Waals surface area contributed by atoms with Crippen molar-refractivity contribution in [3.63, 3.8) is 0 Å². The molecular formula is C18H22O6S. The number of esters is 1. The third kappa shape index (κ3) is 4.34. The zero-order valence-electron chi connectivity index (χ0n) is 14.7. The molecule has 1 fully saturated rings. The first-order chi connectivity index (χ1) is 11.9. The maximum atomic E-state index is 12.6. The van der Waals surface area contributed by atoms with Gasteiger partial charge in [-0.1, -0.05) is 6.92 Å². The number of hydrogen-bond acceptors (Lipinski definition) is 7. The summed E-state index contributed by atoms with van der Waals surface area (Å²) in [6.07, 6.45) is 1.40. The van der Waals surface area contributed by atoms with Gasteiger partial charge in [-0.15, -0.1) is 0 Å². The molecule has 2 rings (SSSR count). The van der Waals surface area contributed by atoms with Gasteiger partial charge in [-0.3, -0.25) is 14.4 Å². The Morgan fingerprint density at radius 2 is 2.00 bits per heavy atom. The molecule has 1 aromatic rings. The van der Waals surface area contributed by atoms with Gasteiger partial charge in [0.15, 0.2) is 23.6 Å². The molecule has 7 heteroatoms. The van der Waals surface area contributed by atoms with Crippen LogP contribution in [-0.2, 0) is 25.5 Å². The second kappa shape index (κ2) is 8.38. The summed E-state index contributed by atoms with van der Waals surface area (Å²) in [5, 5.41) is 0.161. The van der Waals surface area contributed by atoms with Crippen molar-refractivity contribution in [1.82, 2.24) is 0 Å². The number of methoxy groups -OCH3 is 2. The number of Topliss-reactive ketones (excluding diaryl/α,β-unsaturated/α-hetero) is 2. The number of carbonyl (C=O) groups excluding carboxylic acids is 3. The van der Waals surface area contributed by atoms with Gasteiger partial charge in [-0.2, -0.15) is 11.8 Å². The molecule has 0 radical (unpaired) electrons. The van der Waals surface area contributed by atoms with Gasteiger partial charge in [-0.05, 0) is 24.5 Å². The lowest BCUT2D eigenvalue weighted by Crippen LogP contribution is -2.30. The average Bonchev–Trinajstić information content (AvgIpc) is 2.88. The predicted molar refractivity (Wildman–Crippen MR) is 94.2 cm³/mol. The summed E-state index contributed by atoms with van der Waals surface area (Å²) in [6, 6.07) is 5.05. The van der Waals surface area contributed by atoms with Gasteiger partial charge < -0.3 is 14.2 Å². The van der Waals surface area contributed by atoms with E-state index in [0.717, 1.165) is 0 Å². The van der Waals surface area contributed by atoms with Crippen molar-refractivity contribution in [3.8, 4) is 11.5 Å². The van der Waals surface area contributed by atoms with Crippen LogP contribution in [0, 0.1) is 5.92 Å². The highest BCUT2D eigenvalue weighted by Crippen LogP contribution is 2.29. The van der Waals surface area contributed by atoms with Gasteiger partial charge in [0.2, 0.25) is 0 Å². The zero-order chi connectivity index (χ0) is 18.6. The Hall–Kier alpha value is -2.02. The highest BCUT2D eigenvalue weighted by molar-refractivity contribution is 7.99. The van der Waals surface area contributed by atoms with Crippen LogP contribution >= 0.6 is 11.8 Å². The Morgan fingerprint density at radius 3 is 2.60 bits per heavy atom. The molecule has 0 amide bonds. The lowest BCUT2D eigenvalue weighted by Gasteiger charge is -2.12. The number of thioether (sulfide) groups is 1. The largest absolute Gasteiger partial charge is 0.497 e. The zero-order valence-corrected chi connectivity index (χ0v) is 15.6. The Bertz CT molecular complexity index is 672. The van der Waals surface area contributed by atoms with Crippen molar-refractivity contribution in [3.05, 3.63) is 23.8 Å². The topological polar surface area (TPSA) is 78.9 Å². The molecule has 1 aliphatic heterocycles. The number of rotatable bonds is 8. The molecular weight excluding hydrogens is 344 g/mol. The van der Waals surface area contributed by atoms with E-state index in [-0.39, 0.29) is 11.7 Å². The van der Waals surface area contributed by atoms with E-state index in [0.29, 0.717) is 23.5 Å². The fourth-order valence-electron chi connectivity index (χ4n) is 2.73. The minimum atomic E-state index is -1.35. The number of ether oxygens (including phenoxy) is 3. The van der Waals surface area contributed by atoms with Crippen LogP contribution in [0.25, 0.3) is 0 Å². The molecule has 0 spiro atoms. The fraction of sp³-hybridized carbons (Fsp3) is 0.500. The molecule has 1 saturated heterocycles. The van der Waals surface area contributed by atoms with Gasteiger partial charge >= 0.3 is 5.97 Å². The van der Waals surface area contributed by atoms with Crippen molar-refractivity contribution >= 4 is 29.3 Å². The molecule has 0 saturated carbocycles. The van der Waals surface area contributed by atoms with Crippen molar-refractivity contribution < 1.29 is 28.6 Å². The van der Waals surface area contributed by atoms with E-state index in [1.165, 1.54) is 14.2 Å². The summed E-state index contributed by atoms with van der Waals surface area (Å²) in [7, 11) is 3.01. The molecule has 1 heterocycles. The summed E-state index contributed by atoms with van der Waals surface area (Å²) in [5.74, 6) is -1.97. The highest BCUT2D eigenvalue weighted by atomic mass is 32.2. The Labute approximate surface area is 151 Å². The third-order valence-corrected chi connectivity index (χ3v) is 5.22. The summed E-state index contributed by atoms with van der Waals surface area (Å²) < 4.78 is 15.5. The summed E-state index contributed by atoms with van der Waals surface area (Å²) in [4.78, 5) is 37.1. The molecule has 25 heavy (non-hydrogen) atoms. The fourth-order valence-corrected chi connectivity index (χ4v) is 3.10. The minimum Gasteiger partial charge on any atom is -0.497 e. The number of benzene rings is 1. The molecule has 0 bridgehead atoms. The summed E-state index contributed by atoms with van der Waals surface area (Å²) >= 11 is 1.58. The standard InChI is InChI=1S/C18H22O6S/c1-10(25-4)7-15-17(20)16(18(21)24-15)13(19)9-11-8-12(22-2)5-6-14(11)23-3/h5-6,8,10,15-16H,7,9H2,1-4H3. The quantitative estimate of drug-likeness (QED) is 0.515. The Kier molecular flexibility index (Phi) is 6.47. The van der Waals surface area contributed by atoms with E-state index in [1.807, 2.05) is 13.2 Å². The molecule has 1 aliphatic rings. The minimum absolute atomic E-state index is 0.101. The second-order valence-electron chi connectivity index (χ2n) is 5.86. The number of cyclic esters (lactones) is 1. The van der Waals surface area contributed by atoms with Crippen LogP contribution in [0.15, 0.2) is 18.2 Å². The molecule has 0 N–H and O–H groups in total. The van der Waals surface area contributed by atoms with Crippen LogP contribution in [0.1, 0.15) is 18.9 Å². The van der Waals surface area contributed by atoms with Crippen LogP contribution in [0.4, 0.5) is 0 Å². The highest BCUT2D eigenvalue weighted by Gasteiger charge is 2.47. The molecule has 0 aliphatic carbocycles. The first-order valence-electron chi connectivity index (χ1n) is 7.91. The Balaban J connectivity index is 2.15. The van der Waals surface area contributed by atoms with E-state index >= 15 is 0 Å². The van der Waals surface area contributed by atoms with Gasteiger partial charge in [0.25, 0.3) is 0 Å². The lowest BCUT2D eigenvalue weighted by atomic mass is 9.92. The first-order valence-corrected chi connectivity index (χ1v) is 9.20. The van der Waals surface area contributed by atoms with Crippen molar-refractivity contribution in [2.24, 2.45) is 5.92 Å². The molecule has 3 unspecified atom stereocenters. The van der Waals surface area contributed by atoms with Crippen LogP contribution in [-0.4, -0.2) is 49.4 Å². The first kappa shape index (κ1) is 19.3. The van der Waals surface area contributed by atoms with Crippen molar-refractivity contribution in [2.45, 2.75) is 31.1 Å². The average molecular weight is 366 g/mol. The number of carbonyl (C=O) groups is 3. The predicted octanol–water partition coefficient (Wildman–Crippen LogP) is 2.07. The van der Waals surface area contributed by atoms with Gasteiger partial charge in [0.05, 0.1) is 14.2 Å².